The fraction of sp³-hybridized carbons (Fsp3) is 0.333. The maximum Gasteiger partial charge on any atom is 0.253 e. The number of amides is 1. The topological polar surface area (TPSA) is 99.1 Å². The number of carbonyl (C=O) groups excluding carboxylic acids is 1. The quantitative estimate of drug-likeness (QED) is 0.314. The number of amidine groups is 1. The van der Waals surface area contributed by atoms with Gasteiger partial charge in [-0.3, -0.25) is 4.79 Å². The molecule has 4 N–H and O–H groups in total. The van der Waals surface area contributed by atoms with Gasteiger partial charge in [-0.1, -0.05) is 11.2 Å². The summed E-state index contributed by atoms with van der Waals surface area (Å²) >= 11 is 0. The lowest BCUT2D eigenvalue weighted by atomic mass is 10.2. The molecule has 18 heavy (non-hydrogen) atoms. The molecule has 0 unspecified atom stereocenters. The van der Waals surface area contributed by atoms with E-state index in [4.69, 9.17) is 10.9 Å². The number of nitrogens with zero attached hydrogens (tertiary/aromatic N) is 2. The molecule has 1 aromatic carbocycles. The van der Waals surface area contributed by atoms with Crippen molar-refractivity contribution in [2.75, 3.05) is 13.1 Å². The Morgan fingerprint density at radius 2 is 2.22 bits per heavy atom. The van der Waals surface area contributed by atoms with Gasteiger partial charge < -0.3 is 20.9 Å². The molecule has 1 aromatic rings. The van der Waals surface area contributed by atoms with Gasteiger partial charge in [0.2, 0.25) is 0 Å². The molecule has 0 saturated carbocycles. The summed E-state index contributed by atoms with van der Waals surface area (Å²) in [6.45, 7) is 2.71. The van der Waals surface area contributed by atoms with Crippen LogP contribution in [0, 0.1) is 0 Å². The number of phenols is 1. The molecule has 0 atom stereocenters. The monoisotopic (exact) mass is 251 g/mol. The third-order valence-electron chi connectivity index (χ3n) is 2.53. The van der Waals surface area contributed by atoms with E-state index in [1.807, 2.05) is 6.92 Å². The number of carbonyl (C=O) groups is 1. The number of nitrogens with two attached hydrogens (primary N) is 1. The number of benzene rings is 1. The predicted molar refractivity (Wildman–Crippen MR) is 67.7 cm³/mol. The van der Waals surface area contributed by atoms with Crippen LogP contribution < -0.4 is 5.73 Å². The first-order valence-corrected chi connectivity index (χ1v) is 5.63. The van der Waals surface area contributed by atoms with Gasteiger partial charge in [-0.05, 0) is 25.1 Å². The Hall–Kier alpha value is -2.24. The summed E-state index contributed by atoms with van der Waals surface area (Å²) in [6.07, 6.45) is 0.300. The molecule has 0 spiro atoms. The third-order valence-corrected chi connectivity index (χ3v) is 2.53. The van der Waals surface area contributed by atoms with Crippen molar-refractivity contribution >= 4 is 11.7 Å². The molecule has 98 valence electrons. The van der Waals surface area contributed by atoms with Crippen molar-refractivity contribution in [3.8, 4) is 5.75 Å². The lowest BCUT2D eigenvalue weighted by Crippen LogP contribution is -2.33. The van der Waals surface area contributed by atoms with E-state index in [0.717, 1.165) is 0 Å². The molecule has 0 bridgehead atoms. The third kappa shape index (κ3) is 3.65. The molecule has 0 aromatic heterocycles. The summed E-state index contributed by atoms with van der Waals surface area (Å²) in [7, 11) is 0. The van der Waals surface area contributed by atoms with Gasteiger partial charge in [0.1, 0.15) is 11.6 Å². The maximum absolute atomic E-state index is 12.1. The summed E-state index contributed by atoms with van der Waals surface area (Å²) in [5.74, 6) is -0.0652. The van der Waals surface area contributed by atoms with Gasteiger partial charge in [0.15, 0.2) is 0 Å². The van der Waals surface area contributed by atoms with Crippen LogP contribution in [-0.2, 0) is 0 Å². The van der Waals surface area contributed by atoms with Gasteiger partial charge in [-0.25, -0.2) is 0 Å². The highest BCUT2D eigenvalue weighted by Crippen LogP contribution is 2.13. The molecule has 1 amide bonds. The zero-order valence-corrected chi connectivity index (χ0v) is 10.2. The first kappa shape index (κ1) is 13.8. The second kappa shape index (κ2) is 6.48. The minimum atomic E-state index is -0.195. The average molecular weight is 251 g/mol. The van der Waals surface area contributed by atoms with Crippen molar-refractivity contribution in [2.45, 2.75) is 13.3 Å². The van der Waals surface area contributed by atoms with Crippen LogP contribution in [0.3, 0.4) is 0 Å². The second-order valence-electron chi connectivity index (χ2n) is 3.78. The van der Waals surface area contributed by atoms with Gasteiger partial charge in [0.05, 0.1) is 0 Å². The molecule has 0 aliphatic heterocycles. The van der Waals surface area contributed by atoms with E-state index in [2.05, 4.69) is 5.16 Å². The minimum Gasteiger partial charge on any atom is -0.508 e. The fourth-order valence-electron chi connectivity index (χ4n) is 1.52. The molecule has 0 aliphatic rings. The van der Waals surface area contributed by atoms with Gasteiger partial charge in [-0.15, -0.1) is 0 Å². The van der Waals surface area contributed by atoms with Gasteiger partial charge in [0.25, 0.3) is 5.91 Å². The molecule has 0 heterocycles. The van der Waals surface area contributed by atoms with Crippen LogP contribution in [0.25, 0.3) is 0 Å². The average Bonchev–Trinajstić information content (AvgIpc) is 2.38. The second-order valence-corrected chi connectivity index (χ2v) is 3.78. The normalized spacial score (nSPS) is 11.3. The van der Waals surface area contributed by atoms with E-state index in [9.17, 15) is 9.90 Å². The summed E-state index contributed by atoms with van der Waals surface area (Å²) in [6, 6.07) is 6.16. The van der Waals surface area contributed by atoms with E-state index in [0.29, 0.717) is 25.1 Å². The highest BCUT2D eigenvalue weighted by Gasteiger charge is 2.14. The zero-order chi connectivity index (χ0) is 13.5. The summed E-state index contributed by atoms with van der Waals surface area (Å²) in [5, 5.41) is 20.6. The summed E-state index contributed by atoms with van der Waals surface area (Å²) in [4.78, 5) is 13.7. The molecule has 6 heteroatoms. The van der Waals surface area contributed by atoms with E-state index in [1.54, 1.807) is 17.0 Å². The molecular weight excluding hydrogens is 234 g/mol. The SMILES string of the molecule is CCN(CCC(N)=NO)C(=O)c1cccc(O)c1. The first-order valence-electron chi connectivity index (χ1n) is 5.63. The standard InChI is InChI=1S/C12H17N3O3/c1-2-15(7-6-11(13)14-18)12(17)9-4-3-5-10(16)8-9/h3-5,8,16,18H,2,6-7H2,1H3,(H2,13,14). The van der Waals surface area contributed by atoms with Crippen LogP contribution in [0.1, 0.15) is 23.7 Å². The van der Waals surface area contributed by atoms with E-state index in [-0.39, 0.29) is 17.5 Å². The Kier molecular flexibility index (Phi) is 4.98. The molecule has 6 nitrogen and oxygen atoms in total. The Morgan fingerprint density at radius 3 is 2.78 bits per heavy atom. The fourth-order valence-corrected chi connectivity index (χ4v) is 1.52. The highest BCUT2D eigenvalue weighted by molar-refractivity contribution is 5.94. The largest absolute Gasteiger partial charge is 0.508 e. The Labute approximate surface area is 105 Å². The van der Waals surface area contributed by atoms with Gasteiger partial charge in [0, 0.05) is 25.1 Å². The smallest absolute Gasteiger partial charge is 0.253 e. The molecule has 1 rings (SSSR count). The van der Waals surface area contributed by atoms with E-state index >= 15 is 0 Å². The number of phenolic OH excluding ortho intramolecular Hbond substituents is 1. The highest BCUT2D eigenvalue weighted by atomic mass is 16.4. The number of hydrogen-bond donors (Lipinski definition) is 3. The molecule has 0 saturated heterocycles. The van der Waals surface area contributed by atoms with Crippen molar-refractivity contribution in [1.29, 1.82) is 0 Å². The number of rotatable bonds is 5. The number of aromatic hydroxyl groups is 1. The van der Waals surface area contributed by atoms with Crippen LogP contribution in [-0.4, -0.2) is 40.0 Å². The van der Waals surface area contributed by atoms with Crippen LogP contribution in [0.4, 0.5) is 0 Å². The van der Waals surface area contributed by atoms with Gasteiger partial charge >= 0.3 is 0 Å². The number of hydrogen-bond acceptors (Lipinski definition) is 4. The number of oxime groups is 1. The summed E-state index contributed by atoms with van der Waals surface area (Å²) < 4.78 is 0. The maximum atomic E-state index is 12.1. The Morgan fingerprint density at radius 1 is 1.50 bits per heavy atom. The molecule has 0 fully saturated rings. The van der Waals surface area contributed by atoms with Crippen molar-refractivity contribution in [1.82, 2.24) is 4.90 Å². The van der Waals surface area contributed by atoms with Crippen LogP contribution >= 0.6 is 0 Å². The Bertz CT molecular complexity index is 446. The first-order chi connectivity index (χ1) is 8.58. The van der Waals surface area contributed by atoms with E-state index in [1.165, 1.54) is 12.1 Å². The summed E-state index contributed by atoms with van der Waals surface area (Å²) in [5.41, 5.74) is 5.77. The van der Waals surface area contributed by atoms with Crippen LogP contribution in [0.2, 0.25) is 0 Å². The molecular formula is C12H17N3O3. The van der Waals surface area contributed by atoms with Crippen molar-refractivity contribution in [3.63, 3.8) is 0 Å². The Balaban J connectivity index is 2.73. The van der Waals surface area contributed by atoms with Crippen LogP contribution in [0.5, 0.6) is 5.75 Å². The predicted octanol–water partition coefficient (Wildman–Crippen LogP) is 0.991. The van der Waals surface area contributed by atoms with Crippen LogP contribution in [0.15, 0.2) is 29.4 Å². The van der Waals surface area contributed by atoms with Crippen molar-refractivity contribution < 1.29 is 15.1 Å². The van der Waals surface area contributed by atoms with Gasteiger partial charge in [-0.2, -0.15) is 0 Å². The molecule has 0 aliphatic carbocycles. The lowest BCUT2D eigenvalue weighted by Gasteiger charge is -2.20. The zero-order valence-electron chi connectivity index (χ0n) is 10.2. The minimum absolute atomic E-state index is 0.0494. The van der Waals surface area contributed by atoms with Crippen molar-refractivity contribution in [3.05, 3.63) is 29.8 Å². The molecule has 0 radical (unpaired) electrons. The van der Waals surface area contributed by atoms with E-state index < -0.39 is 0 Å². The lowest BCUT2D eigenvalue weighted by molar-refractivity contribution is 0.0768. The van der Waals surface area contributed by atoms with Crippen molar-refractivity contribution in [2.24, 2.45) is 10.9 Å².